The van der Waals surface area contributed by atoms with Gasteiger partial charge in [0.2, 0.25) is 11.8 Å². The number of carbonyl (C=O) groups is 1. The molecule has 0 amide bonds. The predicted molar refractivity (Wildman–Crippen MR) is 91.9 cm³/mol. The first-order chi connectivity index (χ1) is 11.8. The fourth-order valence-electron chi connectivity index (χ4n) is 1.69. The largest absolute Gasteiger partial charge is 0.492 e. The van der Waals surface area contributed by atoms with Crippen molar-refractivity contribution >= 4 is 37.7 Å². The van der Waals surface area contributed by atoms with E-state index in [9.17, 15) is 28.0 Å². The molecule has 9 nitrogen and oxygen atoms in total. The Morgan fingerprint density at radius 3 is 2.48 bits per heavy atom. The molecule has 0 aliphatic carbocycles. The number of aromatic nitrogens is 2. The summed E-state index contributed by atoms with van der Waals surface area (Å²) in [6.45, 7) is 0. The highest BCUT2D eigenvalue weighted by atomic mass is 33.1. The van der Waals surface area contributed by atoms with Crippen LogP contribution in [0.1, 0.15) is 6.42 Å². The third-order valence-corrected chi connectivity index (χ3v) is 6.29. The highest BCUT2D eigenvalue weighted by Gasteiger charge is 2.34. The molecule has 0 aromatic carbocycles. The van der Waals surface area contributed by atoms with Gasteiger partial charge in [0.25, 0.3) is 10.1 Å². The van der Waals surface area contributed by atoms with Gasteiger partial charge >= 0.3 is 5.97 Å². The third kappa shape index (κ3) is 5.56. The van der Waals surface area contributed by atoms with E-state index < -0.39 is 33.1 Å². The van der Waals surface area contributed by atoms with Crippen molar-refractivity contribution in [1.29, 1.82) is 0 Å². The lowest BCUT2D eigenvalue weighted by Crippen LogP contribution is -2.37. The Bertz CT molecular complexity index is 804. The number of pyridine rings is 1. The normalized spacial score (nSPS) is 12.7. The molecule has 0 saturated heterocycles. The average molecular weight is 406 g/mol. The van der Waals surface area contributed by atoms with E-state index in [4.69, 9.17) is 0 Å². The molecule has 1 unspecified atom stereocenters. The van der Waals surface area contributed by atoms with Gasteiger partial charge in [-0.25, -0.2) is 9.78 Å². The third-order valence-electron chi connectivity index (χ3n) is 2.85. The summed E-state index contributed by atoms with van der Waals surface area (Å²) in [4.78, 5) is 20.7. The molecule has 2 rings (SSSR count). The molecule has 0 bridgehead atoms. The quantitative estimate of drug-likeness (QED) is 0.334. The zero-order valence-corrected chi connectivity index (χ0v) is 15.0. The van der Waals surface area contributed by atoms with E-state index in [1.54, 1.807) is 24.4 Å². The molecule has 136 valence electrons. The zero-order chi connectivity index (χ0) is 18.4. The first-order valence-corrected chi connectivity index (χ1v) is 10.6. The smallest absolute Gasteiger partial charge is 0.353 e. The Morgan fingerprint density at radius 2 is 1.92 bits per heavy atom. The van der Waals surface area contributed by atoms with Gasteiger partial charge in [-0.2, -0.15) is 8.42 Å². The summed E-state index contributed by atoms with van der Waals surface area (Å²) >= 11 is 0. The van der Waals surface area contributed by atoms with Crippen molar-refractivity contribution in [2.45, 2.75) is 16.7 Å². The second-order valence-corrected chi connectivity index (χ2v) is 8.65. The van der Waals surface area contributed by atoms with Crippen LogP contribution in [0.3, 0.4) is 0 Å². The number of aromatic hydroxyl groups is 2. The van der Waals surface area contributed by atoms with Gasteiger partial charge < -0.3 is 15.1 Å². The Hall–Kier alpha value is -1.89. The number of carbonyl (C=O) groups excluding carboxylic acids is 1. The van der Waals surface area contributed by atoms with Crippen molar-refractivity contribution in [1.82, 2.24) is 9.71 Å². The molecule has 3 N–H and O–H groups in total. The van der Waals surface area contributed by atoms with Gasteiger partial charge in [0, 0.05) is 24.1 Å². The van der Waals surface area contributed by atoms with Gasteiger partial charge in [0.15, 0.2) is 5.25 Å². The molecule has 0 aliphatic heterocycles. The lowest BCUT2D eigenvalue weighted by molar-refractivity contribution is -0.145. The van der Waals surface area contributed by atoms with E-state index in [0.717, 1.165) is 12.1 Å². The molecule has 0 radical (unpaired) electrons. The van der Waals surface area contributed by atoms with Crippen LogP contribution < -0.4 is 4.84 Å². The molecule has 2 aromatic rings. The van der Waals surface area contributed by atoms with Gasteiger partial charge in [0.05, 0.1) is 0 Å². The topological polar surface area (TPSA) is 139 Å². The predicted octanol–water partition coefficient (Wildman–Crippen LogP) is 1.34. The van der Waals surface area contributed by atoms with Crippen molar-refractivity contribution in [2.24, 2.45) is 0 Å². The van der Waals surface area contributed by atoms with Crippen LogP contribution in [0.5, 0.6) is 11.8 Å². The Kier molecular flexibility index (Phi) is 6.58. The van der Waals surface area contributed by atoms with E-state index >= 15 is 0 Å². The van der Waals surface area contributed by atoms with E-state index in [2.05, 4.69) is 9.82 Å². The molecule has 1 atom stereocenters. The summed E-state index contributed by atoms with van der Waals surface area (Å²) in [5.74, 6) is -2.32. The first-order valence-electron chi connectivity index (χ1n) is 6.77. The van der Waals surface area contributed by atoms with Crippen LogP contribution in [0.4, 0.5) is 0 Å². The summed E-state index contributed by atoms with van der Waals surface area (Å²) in [5.41, 5.74) is 0. The standard InChI is InChI=1S/C13H14N2O7S3/c16-11-4-5-12(17)15(11)22-13(18)9(25(19,20)21)6-8-23-24-10-3-1-2-7-14-10/h1-5,7,9,16-17H,6,8H2,(H,19,20,21). The maximum Gasteiger partial charge on any atom is 0.353 e. The minimum absolute atomic E-state index is 0.199. The maximum absolute atomic E-state index is 12.0. The molecular formula is C13H14N2O7S3. The van der Waals surface area contributed by atoms with Crippen LogP contribution in [-0.4, -0.2) is 49.9 Å². The molecule has 0 fully saturated rings. The Labute approximate surface area is 151 Å². The Morgan fingerprint density at radius 1 is 1.24 bits per heavy atom. The second kappa shape index (κ2) is 8.47. The SMILES string of the molecule is O=C(On1c(O)ccc1O)C(CCSSc1ccccn1)S(=O)(=O)O. The van der Waals surface area contributed by atoms with Crippen molar-refractivity contribution in [3.05, 3.63) is 36.5 Å². The van der Waals surface area contributed by atoms with Crippen LogP contribution in [0.25, 0.3) is 0 Å². The highest BCUT2D eigenvalue weighted by Crippen LogP contribution is 2.30. The monoisotopic (exact) mass is 406 g/mol. The summed E-state index contributed by atoms with van der Waals surface area (Å²) in [6, 6.07) is 7.41. The van der Waals surface area contributed by atoms with Gasteiger partial charge in [-0.3, -0.25) is 4.55 Å². The van der Waals surface area contributed by atoms with Crippen LogP contribution in [0.2, 0.25) is 0 Å². The maximum atomic E-state index is 12.0. The minimum atomic E-state index is -4.73. The van der Waals surface area contributed by atoms with E-state index in [0.29, 0.717) is 9.76 Å². The molecule has 0 saturated carbocycles. The van der Waals surface area contributed by atoms with Crippen molar-refractivity contribution in [2.75, 3.05) is 5.75 Å². The second-order valence-electron chi connectivity index (χ2n) is 4.62. The van der Waals surface area contributed by atoms with Crippen molar-refractivity contribution in [3.63, 3.8) is 0 Å². The number of hydrogen-bond acceptors (Lipinski definition) is 9. The summed E-state index contributed by atoms with van der Waals surface area (Å²) in [7, 11) is -2.19. The molecule has 2 aromatic heterocycles. The van der Waals surface area contributed by atoms with Crippen molar-refractivity contribution in [3.8, 4) is 11.8 Å². The fourth-order valence-corrected chi connectivity index (χ4v) is 4.51. The van der Waals surface area contributed by atoms with Crippen LogP contribution in [0, 0.1) is 0 Å². The van der Waals surface area contributed by atoms with E-state index in [1.165, 1.54) is 21.6 Å². The highest BCUT2D eigenvalue weighted by molar-refractivity contribution is 8.76. The number of hydrogen-bond donors (Lipinski definition) is 3. The summed E-state index contributed by atoms with van der Waals surface area (Å²) in [6.07, 6.45) is 1.38. The molecule has 0 spiro atoms. The number of nitrogens with zero attached hydrogens (tertiary/aromatic N) is 2. The number of rotatable bonds is 8. The van der Waals surface area contributed by atoms with Crippen LogP contribution in [0.15, 0.2) is 41.6 Å². The molecule has 2 heterocycles. The molecule has 25 heavy (non-hydrogen) atoms. The zero-order valence-electron chi connectivity index (χ0n) is 12.5. The van der Waals surface area contributed by atoms with Gasteiger partial charge in [0.1, 0.15) is 5.03 Å². The lowest BCUT2D eigenvalue weighted by Gasteiger charge is -2.13. The fraction of sp³-hybridized carbons (Fsp3) is 0.231. The van der Waals surface area contributed by atoms with Crippen molar-refractivity contribution < 1.29 is 32.8 Å². The minimum Gasteiger partial charge on any atom is -0.492 e. The lowest BCUT2D eigenvalue weighted by atomic mass is 10.3. The van der Waals surface area contributed by atoms with Gasteiger partial charge in [-0.15, -0.1) is 4.73 Å². The summed E-state index contributed by atoms with van der Waals surface area (Å²) < 4.78 is 32.5. The van der Waals surface area contributed by atoms with Crippen LogP contribution >= 0.6 is 21.6 Å². The van der Waals surface area contributed by atoms with Gasteiger partial charge in [-0.05, 0) is 29.3 Å². The van der Waals surface area contributed by atoms with E-state index in [1.807, 2.05) is 0 Å². The molecule has 12 heteroatoms. The molecular weight excluding hydrogens is 392 g/mol. The average Bonchev–Trinajstić information content (AvgIpc) is 2.86. The van der Waals surface area contributed by atoms with E-state index in [-0.39, 0.29) is 12.2 Å². The first kappa shape index (κ1) is 19.4. The van der Waals surface area contributed by atoms with Crippen LogP contribution in [-0.2, 0) is 14.9 Å². The Balaban J connectivity index is 1.95. The van der Waals surface area contributed by atoms with Gasteiger partial charge in [-0.1, -0.05) is 16.9 Å². The summed E-state index contributed by atoms with van der Waals surface area (Å²) in [5, 5.41) is 17.7. The molecule has 0 aliphatic rings.